The molecule has 0 aromatic carbocycles. The van der Waals surface area contributed by atoms with Gasteiger partial charge in [-0.3, -0.25) is 4.90 Å². The molecular weight excluding hydrogens is 246 g/mol. The number of hydrogen-bond donors (Lipinski definition) is 1. The topological polar surface area (TPSA) is 18.5 Å². The van der Waals surface area contributed by atoms with Crippen LogP contribution in [0.3, 0.4) is 0 Å². The van der Waals surface area contributed by atoms with Crippen LogP contribution in [0.5, 0.6) is 0 Å². The van der Waals surface area contributed by atoms with Gasteiger partial charge in [0.1, 0.15) is 0 Å². The van der Waals surface area contributed by atoms with Crippen molar-refractivity contribution >= 4 is 0 Å². The normalized spacial score (nSPS) is 31.1. The molecule has 2 saturated heterocycles. The van der Waals surface area contributed by atoms with Crippen LogP contribution in [0, 0.1) is 11.8 Å². The zero-order valence-corrected chi connectivity index (χ0v) is 14.1. The second-order valence-corrected chi connectivity index (χ2v) is 7.35. The number of piperidine rings is 1. The molecular formula is C17H35N3. The van der Waals surface area contributed by atoms with Crippen molar-refractivity contribution in [2.24, 2.45) is 11.8 Å². The summed E-state index contributed by atoms with van der Waals surface area (Å²) in [6.07, 6.45) is 5.51. The average molecular weight is 281 g/mol. The van der Waals surface area contributed by atoms with Crippen LogP contribution < -0.4 is 5.32 Å². The lowest BCUT2D eigenvalue weighted by atomic mass is 9.92. The third-order valence-corrected chi connectivity index (χ3v) is 5.50. The summed E-state index contributed by atoms with van der Waals surface area (Å²) in [4.78, 5) is 5.25. The van der Waals surface area contributed by atoms with E-state index in [-0.39, 0.29) is 0 Å². The summed E-state index contributed by atoms with van der Waals surface area (Å²) in [7, 11) is 2.26. The largest absolute Gasteiger partial charge is 0.311 e. The maximum Gasteiger partial charge on any atom is 0.0218 e. The van der Waals surface area contributed by atoms with Gasteiger partial charge in [0.15, 0.2) is 0 Å². The van der Waals surface area contributed by atoms with Crippen molar-refractivity contribution in [2.45, 2.75) is 58.5 Å². The van der Waals surface area contributed by atoms with E-state index in [0.717, 1.165) is 17.9 Å². The third kappa shape index (κ3) is 4.44. The summed E-state index contributed by atoms with van der Waals surface area (Å²) in [6.45, 7) is 13.4. The van der Waals surface area contributed by atoms with E-state index in [1.807, 2.05) is 0 Å². The molecule has 0 spiro atoms. The van der Waals surface area contributed by atoms with Crippen LogP contribution in [-0.4, -0.2) is 61.7 Å². The Balaban J connectivity index is 1.79. The first kappa shape index (κ1) is 16.3. The predicted octanol–water partition coefficient (Wildman–Crippen LogP) is 2.43. The van der Waals surface area contributed by atoms with Crippen molar-refractivity contribution in [3.63, 3.8) is 0 Å². The lowest BCUT2D eigenvalue weighted by molar-refractivity contribution is 0.0967. The maximum absolute atomic E-state index is 3.74. The SMILES string of the molecule is CCC1CNC(C(C)C)CN1CCC1CCN(C)CC1. The lowest BCUT2D eigenvalue weighted by Crippen LogP contribution is -2.58. The minimum Gasteiger partial charge on any atom is -0.311 e. The standard InChI is InChI=1S/C17H35N3/c1-5-16-12-18-17(14(2)3)13-20(16)11-8-15-6-9-19(4)10-7-15/h14-18H,5-13H2,1-4H3. The highest BCUT2D eigenvalue weighted by Gasteiger charge is 2.28. The third-order valence-electron chi connectivity index (χ3n) is 5.50. The van der Waals surface area contributed by atoms with Crippen LogP contribution in [0.25, 0.3) is 0 Å². The van der Waals surface area contributed by atoms with E-state index in [4.69, 9.17) is 0 Å². The van der Waals surface area contributed by atoms with Gasteiger partial charge in [-0.25, -0.2) is 0 Å². The fourth-order valence-electron chi connectivity index (χ4n) is 3.70. The maximum atomic E-state index is 3.74. The number of piperazine rings is 1. The van der Waals surface area contributed by atoms with Gasteiger partial charge in [0.25, 0.3) is 0 Å². The van der Waals surface area contributed by atoms with Crippen molar-refractivity contribution in [2.75, 3.05) is 39.8 Å². The van der Waals surface area contributed by atoms with Gasteiger partial charge >= 0.3 is 0 Å². The second kappa shape index (κ2) is 7.77. The van der Waals surface area contributed by atoms with E-state index in [9.17, 15) is 0 Å². The second-order valence-electron chi connectivity index (χ2n) is 7.35. The van der Waals surface area contributed by atoms with Crippen LogP contribution in [0.15, 0.2) is 0 Å². The van der Waals surface area contributed by atoms with Gasteiger partial charge < -0.3 is 10.2 Å². The number of nitrogens with one attached hydrogen (secondary N) is 1. The molecule has 2 unspecified atom stereocenters. The first-order valence-corrected chi connectivity index (χ1v) is 8.76. The highest BCUT2D eigenvalue weighted by molar-refractivity contribution is 4.87. The molecule has 118 valence electrons. The van der Waals surface area contributed by atoms with E-state index < -0.39 is 0 Å². The van der Waals surface area contributed by atoms with Crippen molar-refractivity contribution in [1.82, 2.24) is 15.1 Å². The molecule has 2 heterocycles. The van der Waals surface area contributed by atoms with Crippen molar-refractivity contribution < 1.29 is 0 Å². The Labute approximate surface area is 126 Å². The first-order valence-electron chi connectivity index (χ1n) is 8.76. The molecule has 2 rings (SSSR count). The monoisotopic (exact) mass is 281 g/mol. The Hall–Kier alpha value is -0.120. The predicted molar refractivity (Wildman–Crippen MR) is 87.1 cm³/mol. The smallest absolute Gasteiger partial charge is 0.0218 e. The molecule has 0 saturated carbocycles. The van der Waals surface area contributed by atoms with E-state index >= 15 is 0 Å². The minimum absolute atomic E-state index is 0.690. The van der Waals surface area contributed by atoms with Crippen LogP contribution in [0.2, 0.25) is 0 Å². The van der Waals surface area contributed by atoms with Crippen molar-refractivity contribution in [3.8, 4) is 0 Å². The molecule has 0 aromatic heterocycles. The fraction of sp³-hybridized carbons (Fsp3) is 1.00. The summed E-state index contributed by atoms with van der Waals surface area (Å²) < 4.78 is 0. The Bertz CT molecular complexity index is 271. The zero-order valence-electron chi connectivity index (χ0n) is 14.1. The van der Waals surface area contributed by atoms with E-state index in [0.29, 0.717) is 6.04 Å². The molecule has 1 N–H and O–H groups in total. The number of hydrogen-bond acceptors (Lipinski definition) is 3. The average Bonchev–Trinajstić information content (AvgIpc) is 2.46. The van der Waals surface area contributed by atoms with Gasteiger partial charge in [-0.1, -0.05) is 20.8 Å². The van der Waals surface area contributed by atoms with Crippen LogP contribution in [-0.2, 0) is 0 Å². The number of nitrogens with zero attached hydrogens (tertiary/aromatic N) is 2. The molecule has 0 amide bonds. The van der Waals surface area contributed by atoms with Gasteiger partial charge in [-0.05, 0) is 64.2 Å². The molecule has 20 heavy (non-hydrogen) atoms. The number of rotatable bonds is 5. The van der Waals surface area contributed by atoms with E-state index in [1.165, 1.54) is 58.4 Å². The van der Waals surface area contributed by atoms with Gasteiger partial charge in [0, 0.05) is 25.2 Å². The fourth-order valence-corrected chi connectivity index (χ4v) is 3.70. The van der Waals surface area contributed by atoms with Crippen LogP contribution in [0.4, 0.5) is 0 Å². The summed E-state index contributed by atoms with van der Waals surface area (Å²) in [5.74, 6) is 1.72. The highest BCUT2D eigenvalue weighted by Crippen LogP contribution is 2.22. The molecule has 3 heteroatoms. The van der Waals surface area contributed by atoms with Crippen molar-refractivity contribution in [3.05, 3.63) is 0 Å². The van der Waals surface area contributed by atoms with Gasteiger partial charge in [-0.15, -0.1) is 0 Å². The van der Waals surface area contributed by atoms with E-state index in [1.54, 1.807) is 0 Å². The Morgan fingerprint density at radius 3 is 2.50 bits per heavy atom. The molecule has 3 nitrogen and oxygen atoms in total. The molecule has 2 aliphatic rings. The Morgan fingerprint density at radius 2 is 1.90 bits per heavy atom. The molecule has 2 atom stereocenters. The summed E-state index contributed by atoms with van der Waals surface area (Å²) in [5.41, 5.74) is 0. The first-order chi connectivity index (χ1) is 9.60. The van der Waals surface area contributed by atoms with Crippen molar-refractivity contribution in [1.29, 1.82) is 0 Å². The minimum atomic E-state index is 0.690. The summed E-state index contributed by atoms with van der Waals surface area (Å²) >= 11 is 0. The molecule has 2 fully saturated rings. The summed E-state index contributed by atoms with van der Waals surface area (Å²) in [6, 6.07) is 1.45. The van der Waals surface area contributed by atoms with Crippen LogP contribution >= 0.6 is 0 Å². The number of likely N-dealkylation sites (tertiary alicyclic amines) is 1. The molecule has 0 aliphatic carbocycles. The highest BCUT2D eigenvalue weighted by atomic mass is 15.2. The molecule has 0 radical (unpaired) electrons. The van der Waals surface area contributed by atoms with Gasteiger partial charge in [0.05, 0.1) is 0 Å². The van der Waals surface area contributed by atoms with E-state index in [2.05, 4.69) is 42.9 Å². The summed E-state index contributed by atoms with van der Waals surface area (Å²) in [5, 5.41) is 3.74. The van der Waals surface area contributed by atoms with Gasteiger partial charge in [0.2, 0.25) is 0 Å². The molecule has 0 aromatic rings. The van der Waals surface area contributed by atoms with Crippen LogP contribution in [0.1, 0.15) is 46.5 Å². The lowest BCUT2D eigenvalue weighted by Gasteiger charge is -2.42. The Kier molecular flexibility index (Phi) is 6.31. The molecule has 2 aliphatic heterocycles. The van der Waals surface area contributed by atoms with Gasteiger partial charge in [-0.2, -0.15) is 0 Å². The molecule has 0 bridgehead atoms. The Morgan fingerprint density at radius 1 is 1.20 bits per heavy atom. The quantitative estimate of drug-likeness (QED) is 0.835. The zero-order chi connectivity index (χ0) is 14.5.